The number of nitrogens with one attached hydrogen (secondary N) is 1. The third-order valence-corrected chi connectivity index (χ3v) is 7.50. The predicted molar refractivity (Wildman–Crippen MR) is 126 cm³/mol. The van der Waals surface area contributed by atoms with Gasteiger partial charge in [-0.2, -0.15) is 5.10 Å². The van der Waals surface area contributed by atoms with Gasteiger partial charge >= 0.3 is 0 Å². The molecule has 3 heterocycles. The van der Waals surface area contributed by atoms with Crippen LogP contribution in [0.4, 0.5) is 5.69 Å². The van der Waals surface area contributed by atoms with Crippen LogP contribution in [0, 0.1) is 6.92 Å². The van der Waals surface area contributed by atoms with Crippen LogP contribution in [0.2, 0.25) is 0 Å². The lowest BCUT2D eigenvalue weighted by Crippen LogP contribution is -2.40. The molecule has 1 aliphatic heterocycles. The minimum atomic E-state index is -0.156. The highest BCUT2D eigenvalue weighted by Crippen LogP contribution is 2.35. The molecule has 2 aromatic heterocycles. The van der Waals surface area contributed by atoms with E-state index in [0.717, 1.165) is 28.8 Å². The Morgan fingerprint density at radius 1 is 1.12 bits per heavy atom. The number of aromatic nitrogens is 2. The van der Waals surface area contributed by atoms with Gasteiger partial charge in [0.2, 0.25) is 0 Å². The molecule has 2 aliphatic rings. The van der Waals surface area contributed by atoms with Gasteiger partial charge in [-0.15, -0.1) is 11.3 Å². The van der Waals surface area contributed by atoms with E-state index in [4.69, 9.17) is 9.84 Å². The molecule has 3 aromatic rings. The fraction of sp³-hybridized carbons (Fsp3) is 0.458. The monoisotopic (exact) mass is 452 g/mol. The highest BCUT2D eigenvalue weighted by Gasteiger charge is 2.23. The number of hydrogen-bond acceptors (Lipinski definition) is 5. The van der Waals surface area contributed by atoms with E-state index in [2.05, 4.69) is 10.00 Å². The smallest absolute Gasteiger partial charge is 0.265 e. The van der Waals surface area contributed by atoms with Crippen LogP contribution >= 0.6 is 11.3 Å². The van der Waals surface area contributed by atoms with Gasteiger partial charge in [0.05, 0.1) is 29.8 Å². The van der Waals surface area contributed by atoms with Crippen LogP contribution in [0.1, 0.15) is 63.9 Å². The minimum Gasteiger partial charge on any atom is -0.378 e. The summed E-state index contributed by atoms with van der Waals surface area (Å²) in [5.41, 5.74) is 2.17. The quantitative estimate of drug-likeness (QED) is 0.626. The summed E-state index contributed by atoms with van der Waals surface area (Å²) in [7, 11) is 0. The Balaban J connectivity index is 1.34. The molecule has 0 bridgehead atoms. The number of morpholine rings is 1. The maximum absolute atomic E-state index is 13.0. The number of nitrogens with zero attached hydrogens (tertiary/aromatic N) is 3. The average molecular weight is 453 g/mol. The van der Waals surface area contributed by atoms with Crippen LogP contribution in [-0.2, 0) is 4.74 Å². The molecular weight excluding hydrogens is 424 g/mol. The Labute approximate surface area is 191 Å². The average Bonchev–Trinajstić information content (AvgIpc) is 3.41. The Morgan fingerprint density at radius 2 is 1.91 bits per heavy atom. The number of amides is 2. The molecule has 0 radical (unpaired) electrons. The lowest BCUT2D eigenvalue weighted by molar-refractivity contribution is 0.0303. The van der Waals surface area contributed by atoms with Crippen molar-refractivity contribution in [2.75, 3.05) is 31.6 Å². The van der Waals surface area contributed by atoms with Gasteiger partial charge < -0.3 is 15.0 Å². The normalized spacial score (nSPS) is 17.6. The van der Waals surface area contributed by atoms with Gasteiger partial charge in [0.15, 0.2) is 0 Å². The number of hydrogen-bond donors (Lipinski definition) is 1. The number of rotatable bonds is 4. The molecule has 0 atom stereocenters. The Bertz CT molecular complexity index is 1140. The van der Waals surface area contributed by atoms with Crippen LogP contribution in [0.3, 0.4) is 0 Å². The molecule has 1 aromatic carbocycles. The summed E-state index contributed by atoms with van der Waals surface area (Å²) in [6.07, 6.45) is 6.08. The molecule has 1 saturated carbocycles. The van der Waals surface area contributed by atoms with E-state index in [1.807, 2.05) is 19.1 Å². The molecule has 2 fully saturated rings. The number of carbonyl (C=O) groups is 2. The zero-order valence-electron chi connectivity index (χ0n) is 18.3. The molecule has 168 valence electrons. The second kappa shape index (κ2) is 9.03. The third-order valence-electron chi connectivity index (χ3n) is 6.38. The first kappa shape index (κ1) is 21.2. The van der Waals surface area contributed by atoms with Crippen molar-refractivity contribution in [2.45, 2.75) is 45.1 Å². The first-order chi connectivity index (χ1) is 15.6. The highest BCUT2D eigenvalue weighted by atomic mass is 32.1. The van der Waals surface area contributed by atoms with Gasteiger partial charge in [-0.1, -0.05) is 25.3 Å². The Morgan fingerprint density at radius 3 is 2.69 bits per heavy atom. The lowest BCUT2D eigenvalue weighted by atomic mass is 9.96. The molecular formula is C24H28N4O3S. The van der Waals surface area contributed by atoms with Crippen molar-refractivity contribution in [1.82, 2.24) is 14.7 Å². The van der Waals surface area contributed by atoms with Gasteiger partial charge in [-0.3, -0.25) is 14.3 Å². The summed E-state index contributed by atoms with van der Waals surface area (Å²) in [6, 6.07) is 9.53. The van der Waals surface area contributed by atoms with E-state index in [0.29, 0.717) is 48.5 Å². The molecule has 32 heavy (non-hydrogen) atoms. The van der Waals surface area contributed by atoms with Crippen molar-refractivity contribution in [2.24, 2.45) is 0 Å². The minimum absolute atomic E-state index is 0.0329. The van der Waals surface area contributed by atoms with Crippen molar-refractivity contribution in [3.05, 3.63) is 46.5 Å². The number of thiophene rings is 1. The second-order valence-electron chi connectivity index (χ2n) is 8.59. The van der Waals surface area contributed by atoms with Gasteiger partial charge in [0, 0.05) is 29.7 Å². The Hall–Kier alpha value is -2.71. The van der Waals surface area contributed by atoms with E-state index in [1.165, 1.54) is 30.6 Å². The summed E-state index contributed by atoms with van der Waals surface area (Å²) in [5.74, 6) is -0.189. The zero-order valence-corrected chi connectivity index (χ0v) is 19.1. The van der Waals surface area contributed by atoms with Gasteiger partial charge in [-0.05, 0) is 44.0 Å². The molecule has 0 spiro atoms. The predicted octanol–water partition coefficient (Wildman–Crippen LogP) is 4.64. The third kappa shape index (κ3) is 4.17. The van der Waals surface area contributed by atoms with Crippen LogP contribution in [-0.4, -0.2) is 52.8 Å². The summed E-state index contributed by atoms with van der Waals surface area (Å²) >= 11 is 1.50. The number of ether oxygens (including phenoxy) is 1. The van der Waals surface area contributed by atoms with Gasteiger partial charge in [0.1, 0.15) is 4.83 Å². The molecule has 8 heteroatoms. The largest absolute Gasteiger partial charge is 0.378 e. The van der Waals surface area contributed by atoms with Crippen LogP contribution in [0.15, 0.2) is 30.3 Å². The zero-order chi connectivity index (χ0) is 22.1. The van der Waals surface area contributed by atoms with E-state index in [-0.39, 0.29) is 11.8 Å². The topological polar surface area (TPSA) is 76.5 Å². The summed E-state index contributed by atoms with van der Waals surface area (Å²) in [4.78, 5) is 29.3. The summed E-state index contributed by atoms with van der Waals surface area (Å²) < 4.78 is 7.47. The van der Waals surface area contributed by atoms with Crippen LogP contribution in [0.5, 0.6) is 0 Å². The molecule has 2 amide bonds. The standard InChI is InChI=1S/C24H28N4O3S/c1-16-20-15-21(32-24(20)28(26-16)19-8-3-2-4-9-19)22(29)25-18-7-5-6-17(14-18)23(30)27-10-12-31-13-11-27/h5-7,14-15,19H,2-4,8-13H2,1H3,(H,25,29). The SMILES string of the molecule is Cc1nn(C2CCCCC2)c2sc(C(=O)Nc3cccc(C(=O)N4CCOCC4)c3)cc12. The van der Waals surface area contributed by atoms with E-state index in [9.17, 15) is 9.59 Å². The molecule has 1 aliphatic carbocycles. The summed E-state index contributed by atoms with van der Waals surface area (Å²) in [5, 5.41) is 8.81. The van der Waals surface area contributed by atoms with E-state index >= 15 is 0 Å². The molecule has 0 unspecified atom stereocenters. The van der Waals surface area contributed by atoms with Crippen LogP contribution in [0.25, 0.3) is 10.2 Å². The van der Waals surface area contributed by atoms with Crippen molar-refractivity contribution >= 4 is 39.1 Å². The second-order valence-corrected chi connectivity index (χ2v) is 9.62. The maximum Gasteiger partial charge on any atom is 0.265 e. The fourth-order valence-corrected chi connectivity index (χ4v) is 5.76. The van der Waals surface area contributed by atoms with E-state index in [1.54, 1.807) is 23.1 Å². The van der Waals surface area contributed by atoms with Gasteiger partial charge in [-0.25, -0.2) is 0 Å². The highest BCUT2D eigenvalue weighted by molar-refractivity contribution is 7.20. The molecule has 1 saturated heterocycles. The van der Waals surface area contributed by atoms with Crippen molar-refractivity contribution in [3.8, 4) is 0 Å². The number of aryl methyl sites for hydroxylation is 1. The number of benzene rings is 1. The Kier molecular flexibility index (Phi) is 5.97. The first-order valence-electron chi connectivity index (χ1n) is 11.4. The molecule has 1 N–H and O–H groups in total. The molecule has 5 rings (SSSR count). The van der Waals surface area contributed by atoms with Crippen LogP contribution < -0.4 is 5.32 Å². The molecule has 7 nitrogen and oxygen atoms in total. The number of anilines is 1. The number of carbonyl (C=O) groups excluding carboxylic acids is 2. The summed E-state index contributed by atoms with van der Waals surface area (Å²) in [6.45, 7) is 4.32. The number of fused-ring (bicyclic) bond motifs is 1. The van der Waals surface area contributed by atoms with Crippen molar-refractivity contribution in [1.29, 1.82) is 0 Å². The van der Waals surface area contributed by atoms with Crippen molar-refractivity contribution < 1.29 is 14.3 Å². The van der Waals surface area contributed by atoms with Crippen molar-refractivity contribution in [3.63, 3.8) is 0 Å². The maximum atomic E-state index is 13.0. The fourth-order valence-electron chi connectivity index (χ4n) is 4.63. The lowest BCUT2D eigenvalue weighted by Gasteiger charge is -2.27. The first-order valence-corrected chi connectivity index (χ1v) is 12.2. The van der Waals surface area contributed by atoms with E-state index < -0.39 is 0 Å². The van der Waals surface area contributed by atoms with Gasteiger partial charge in [0.25, 0.3) is 11.8 Å².